The second-order valence-electron chi connectivity index (χ2n) is 2.93. The lowest BCUT2D eigenvalue weighted by molar-refractivity contribution is -0.158. The number of hydrogen-bond donors (Lipinski definition) is 0. The van der Waals surface area contributed by atoms with Crippen LogP contribution in [0.3, 0.4) is 0 Å². The van der Waals surface area contributed by atoms with Crippen LogP contribution in [-0.2, 0) is 9.47 Å². The lowest BCUT2D eigenvalue weighted by Crippen LogP contribution is -2.21. The third-order valence-electron chi connectivity index (χ3n) is 1.95. The Morgan fingerprint density at radius 1 is 1.38 bits per heavy atom. The molecule has 70 valence electrons. The monoisotopic (exact) mass is 178 g/mol. The summed E-state index contributed by atoms with van der Waals surface area (Å²) in [5.74, 6) is 2.15. The van der Waals surface area contributed by atoms with Crippen LogP contribution in [0.4, 0.5) is 0 Å². The van der Waals surface area contributed by atoms with Gasteiger partial charge in [-0.25, -0.2) is 0 Å². The molecule has 0 radical (unpaired) electrons. The van der Waals surface area contributed by atoms with Crippen LogP contribution in [0.25, 0.3) is 0 Å². The first-order valence-corrected chi connectivity index (χ1v) is 4.25. The second kappa shape index (κ2) is 4.27. The van der Waals surface area contributed by atoms with Crippen molar-refractivity contribution in [1.82, 2.24) is 0 Å². The second-order valence-corrected chi connectivity index (χ2v) is 2.93. The Morgan fingerprint density at radius 3 is 2.23 bits per heavy atom. The fourth-order valence-electron chi connectivity index (χ4n) is 1.17. The van der Waals surface area contributed by atoms with E-state index in [4.69, 9.17) is 15.9 Å². The quantitative estimate of drug-likeness (QED) is 0.350. The first-order valence-electron chi connectivity index (χ1n) is 4.25. The Kier molecular flexibility index (Phi) is 3.30. The van der Waals surface area contributed by atoms with E-state index in [-0.39, 0.29) is 5.92 Å². The van der Waals surface area contributed by atoms with Crippen LogP contribution < -0.4 is 0 Å². The average Bonchev–Trinajstić information content (AvgIpc) is 2.86. The number of terminal acetylenes is 1. The lowest BCUT2D eigenvalue weighted by atomic mass is 10.4. The SMILES string of the molecule is C#CC1CC1(OCC=C)OCC=C. The molecule has 0 aromatic heterocycles. The normalized spacial score (nSPS) is 23.2. The summed E-state index contributed by atoms with van der Waals surface area (Å²) in [6, 6.07) is 0. The number of hydrogen-bond acceptors (Lipinski definition) is 2. The molecular formula is C11H14O2. The van der Waals surface area contributed by atoms with Crippen molar-refractivity contribution in [2.75, 3.05) is 13.2 Å². The predicted octanol–water partition coefficient (Wildman–Crippen LogP) is 1.74. The van der Waals surface area contributed by atoms with Gasteiger partial charge >= 0.3 is 0 Å². The minimum atomic E-state index is -0.558. The fourth-order valence-corrected chi connectivity index (χ4v) is 1.17. The summed E-state index contributed by atoms with van der Waals surface area (Å²) < 4.78 is 10.9. The van der Waals surface area contributed by atoms with E-state index in [9.17, 15) is 0 Å². The zero-order chi connectivity index (χ0) is 9.73. The van der Waals surface area contributed by atoms with E-state index >= 15 is 0 Å². The molecule has 0 bridgehead atoms. The van der Waals surface area contributed by atoms with Crippen molar-refractivity contribution in [2.24, 2.45) is 5.92 Å². The lowest BCUT2D eigenvalue weighted by Gasteiger charge is -2.15. The molecule has 1 saturated carbocycles. The number of ether oxygens (including phenoxy) is 2. The topological polar surface area (TPSA) is 18.5 Å². The van der Waals surface area contributed by atoms with Crippen LogP contribution >= 0.6 is 0 Å². The van der Waals surface area contributed by atoms with Crippen molar-refractivity contribution in [2.45, 2.75) is 12.2 Å². The van der Waals surface area contributed by atoms with Gasteiger partial charge in [0.2, 0.25) is 0 Å². The number of rotatable bonds is 6. The van der Waals surface area contributed by atoms with Gasteiger partial charge < -0.3 is 9.47 Å². The molecule has 2 heteroatoms. The largest absolute Gasteiger partial charge is 0.345 e. The van der Waals surface area contributed by atoms with E-state index in [1.54, 1.807) is 12.2 Å². The van der Waals surface area contributed by atoms with E-state index in [2.05, 4.69) is 19.1 Å². The van der Waals surface area contributed by atoms with Crippen molar-refractivity contribution in [3.8, 4) is 12.3 Å². The molecule has 1 unspecified atom stereocenters. The molecule has 1 atom stereocenters. The van der Waals surface area contributed by atoms with Gasteiger partial charge in [0.25, 0.3) is 0 Å². The maximum atomic E-state index is 5.46. The minimum absolute atomic E-state index is 0.0763. The van der Waals surface area contributed by atoms with Crippen LogP contribution in [0.2, 0.25) is 0 Å². The smallest absolute Gasteiger partial charge is 0.184 e. The molecule has 1 aliphatic rings. The Bertz CT molecular complexity index is 225. The Hall–Kier alpha value is -1.04. The van der Waals surface area contributed by atoms with Gasteiger partial charge in [-0.05, 0) is 0 Å². The first kappa shape index (κ1) is 10.0. The standard InChI is InChI=1S/C11H14O2/c1-4-7-12-11(13-8-5-2)9-10(11)6-3/h3-5,10H,1-2,7-9H2. The highest BCUT2D eigenvalue weighted by molar-refractivity contribution is 5.14. The average molecular weight is 178 g/mol. The van der Waals surface area contributed by atoms with Crippen molar-refractivity contribution in [3.63, 3.8) is 0 Å². The van der Waals surface area contributed by atoms with Crippen LogP contribution in [0, 0.1) is 18.3 Å². The molecule has 1 aliphatic carbocycles. The van der Waals surface area contributed by atoms with Gasteiger partial charge in [0.05, 0.1) is 19.1 Å². The molecule has 1 rings (SSSR count). The van der Waals surface area contributed by atoms with Gasteiger partial charge in [0.15, 0.2) is 5.79 Å². The highest BCUT2D eigenvalue weighted by Crippen LogP contribution is 2.47. The summed E-state index contributed by atoms with van der Waals surface area (Å²) in [4.78, 5) is 0. The maximum absolute atomic E-state index is 5.46. The van der Waals surface area contributed by atoms with Gasteiger partial charge in [-0.3, -0.25) is 0 Å². The Balaban J connectivity index is 2.43. The van der Waals surface area contributed by atoms with Gasteiger partial charge in [-0.2, -0.15) is 0 Å². The van der Waals surface area contributed by atoms with E-state index in [1.807, 2.05) is 0 Å². The van der Waals surface area contributed by atoms with E-state index in [0.717, 1.165) is 6.42 Å². The molecule has 0 aromatic rings. The molecule has 0 heterocycles. The van der Waals surface area contributed by atoms with E-state index < -0.39 is 5.79 Å². The molecule has 0 aromatic carbocycles. The van der Waals surface area contributed by atoms with Crippen LogP contribution in [-0.4, -0.2) is 19.0 Å². The highest BCUT2D eigenvalue weighted by atomic mass is 16.7. The van der Waals surface area contributed by atoms with Crippen molar-refractivity contribution in [1.29, 1.82) is 0 Å². The maximum Gasteiger partial charge on any atom is 0.184 e. The Labute approximate surface area is 79.2 Å². The van der Waals surface area contributed by atoms with Gasteiger partial charge in [0.1, 0.15) is 0 Å². The first-order chi connectivity index (χ1) is 6.29. The van der Waals surface area contributed by atoms with Crippen molar-refractivity contribution in [3.05, 3.63) is 25.3 Å². The third kappa shape index (κ3) is 2.21. The van der Waals surface area contributed by atoms with Crippen molar-refractivity contribution < 1.29 is 9.47 Å². The zero-order valence-electron chi connectivity index (χ0n) is 7.66. The van der Waals surface area contributed by atoms with Crippen LogP contribution in [0.5, 0.6) is 0 Å². The van der Waals surface area contributed by atoms with Gasteiger partial charge in [0, 0.05) is 6.42 Å². The Morgan fingerprint density at radius 2 is 1.92 bits per heavy atom. The minimum Gasteiger partial charge on any atom is -0.345 e. The molecule has 2 nitrogen and oxygen atoms in total. The molecule has 1 fully saturated rings. The van der Waals surface area contributed by atoms with Crippen LogP contribution in [0.15, 0.2) is 25.3 Å². The summed E-state index contributed by atoms with van der Waals surface area (Å²) >= 11 is 0. The van der Waals surface area contributed by atoms with Gasteiger partial charge in [-0.15, -0.1) is 19.6 Å². The molecule has 0 spiro atoms. The summed E-state index contributed by atoms with van der Waals surface area (Å²) in [5.41, 5.74) is 0. The molecule has 0 aliphatic heterocycles. The zero-order valence-corrected chi connectivity index (χ0v) is 7.66. The highest BCUT2D eigenvalue weighted by Gasteiger charge is 2.56. The molecule has 0 saturated heterocycles. The van der Waals surface area contributed by atoms with Crippen molar-refractivity contribution >= 4 is 0 Å². The fraction of sp³-hybridized carbons (Fsp3) is 0.455. The van der Waals surface area contributed by atoms with Crippen LogP contribution in [0.1, 0.15) is 6.42 Å². The molecular weight excluding hydrogens is 164 g/mol. The summed E-state index contributed by atoms with van der Waals surface area (Å²) in [7, 11) is 0. The summed E-state index contributed by atoms with van der Waals surface area (Å²) in [6.07, 6.45) is 9.43. The van der Waals surface area contributed by atoms with E-state index in [0.29, 0.717) is 13.2 Å². The summed E-state index contributed by atoms with van der Waals surface area (Å²) in [6.45, 7) is 8.08. The third-order valence-corrected chi connectivity index (χ3v) is 1.95. The van der Waals surface area contributed by atoms with E-state index in [1.165, 1.54) is 0 Å². The summed E-state index contributed by atoms with van der Waals surface area (Å²) in [5, 5.41) is 0. The molecule has 13 heavy (non-hydrogen) atoms. The predicted molar refractivity (Wildman–Crippen MR) is 52.0 cm³/mol. The molecule has 0 amide bonds. The molecule has 0 N–H and O–H groups in total. The van der Waals surface area contributed by atoms with Gasteiger partial charge in [-0.1, -0.05) is 18.1 Å².